The molecule has 0 aliphatic heterocycles. The molecule has 0 bridgehead atoms. The first-order valence-corrected chi connectivity index (χ1v) is 8.01. The Kier molecular flexibility index (Phi) is 7.23. The van der Waals surface area contributed by atoms with Crippen molar-refractivity contribution in [2.24, 2.45) is 0 Å². The maximum atomic E-state index is 12.3. The van der Waals surface area contributed by atoms with E-state index in [0.29, 0.717) is 23.2 Å². The van der Waals surface area contributed by atoms with Gasteiger partial charge in [-0.15, -0.1) is 12.4 Å². The molecule has 0 fully saturated rings. The van der Waals surface area contributed by atoms with Gasteiger partial charge >= 0.3 is 0 Å². The molecule has 0 unspecified atom stereocenters. The number of hydrogen-bond donors (Lipinski definition) is 2. The van der Waals surface area contributed by atoms with E-state index in [1.54, 1.807) is 18.3 Å². The monoisotopic (exact) mass is 347 g/mol. The average Bonchev–Trinajstić information content (AvgIpc) is 2.49. The first-order valence-electron chi connectivity index (χ1n) is 8.01. The van der Waals surface area contributed by atoms with Gasteiger partial charge in [-0.05, 0) is 41.2 Å². The van der Waals surface area contributed by atoms with E-state index in [4.69, 9.17) is 5.73 Å². The lowest BCUT2D eigenvalue weighted by molar-refractivity contribution is -0.115. The minimum absolute atomic E-state index is 0. The number of anilines is 2. The third kappa shape index (κ3) is 5.24. The number of pyridine rings is 1. The second kappa shape index (κ2) is 8.69. The summed E-state index contributed by atoms with van der Waals surface area (Å²) < 4.78 is 0. The minimum Gasteiger partial charge on any atom is -0.397 e. The van der Waals surface area contributed by atoms with Crippen molar-refractivity contribution in [2.75, 3.05) is 11.1 Å². The van der Waals surface area contributed by atoms with Crippen molar-refractivity contribution in [3.8, 4) is 0 Å². The van der Waals surface area contributed by atoms with Gasteiger partial charge in [0.1, 0.15) is 0 Å². The quantitative estimate of drug-likeness (QED) is 0.835. The van der Waals surface area contributed by atoms with Gasteiger partial charge in [0.25, 0.3) is 0 Å². The second-order valence-electron chi connectivity index (χ2n) is 6.46. The molecule has 1 aromatic carbocycles. The van der Waals surface area contributed by atoms with Crippen molar-refractivity contribution in [3.63, 3.8) is 0 Å². The van der Waals surface area contributed by atoms with Gasteiger partial charge in [-0.2, -0.15) is 0 Å². The van der Waals surface area contributed by atoms with Crippen LogP contribution in [0.2, 0.25) is 0 Å². The highest BCUT2D eigenvalue weighted by Crippen LogP contribution is 2.28. The Labute approximate surface area is 150 Å². The average molecular weight is 348 g/mol. The lowest BCUT2D eigenvalue weighted by Gasteiger charge is -2.17. The summed E-state index contributed by atoms with van der Waals surface area (Å²) in [6.07, 6.45) is 1.81. The van der Waals surface area contributed by atoms with Crippen molar-refractivity contribution in [1.82, 2.24) is 4.98 Å². The van der Waals surface area contributed by atoms with Crippen LogP contribution in [0.3, 0.4) is 0 Å². The number of carbonyl (C=O) groups excluding carboxylic acids is 1. The van der Waals surface area contributed by atoms with Crippen molar-refractivity contribution in [3.05, 3.63) is 53.3 Å². The number of carbonyl (C=O) groups is 1. The van der Waals surface area contributed by atoms with Gasteiger partial charge < -0.3 is 11.1 Å². The predicted octanol–water partition coefficient (Wildman–Crippen LogP) is 4.51. The molecular weight excluding hydrogens is 322 g/mol. The molecule has 2 aromatic rings. The molecule has 0 aliphatic carbocycles. The van der Waals surface area contributed by atoms with Crippen LogP contribution in [0.1, 0.15) is 56.4 Å². The highest BCUT2D eigenvalue weighted by atomic mass is 35.5. The lowest BCUT2D eigenvalue weighted by Crippen LogP contribution is -2.16. The summed E-state index contributed by atoms with van der Waals surface area (Å²) >= 11 is 0. The molecule has 0 spiro atoms. The number of benzene rings is 1. The topological polar surface area (TPSA) is 68.0 Å². The Morgan fingerprint density at radius 3 is 2.38 bits per heavy atom. The second-order valence-corrected chi connectivity index (χ2v) is 6.46. The van der Waals surface area contributed by atoms with E-state index < -0.39 is 0 Å². The van der Waals surface area contributed by atoms with Crippen LogP contribution in [0.25, 0.3) is 0 Å². The first kappa shape index (κ1) is 20.0. The van der Waals surface area contributed by atoms with E-state index in [9.17, 15) is 4.79 Å². The molecule has 0 aliphatic rings. The molecule has 0 saturated carbocycles. The number of amides is 1. The maximum Gasteiger partial charge on any atom is 0.230 e. The Bertz CT molecular complexity index is 682. The van der Waals surface area contributed by atoms with Crippen LogP contribution in [0.5, 0.6) is 0 Å². The van der Waals surface area contributed by atoms with Crippen molar-refractivity contribution in [1.29, 1.82) is 0 Å². The standard InChI is InChI=1S/C19H25N3O.ClH/c1-12(2)14-5-8-18(17(9-14)13(3)4)22-19(23)10-16-7-6-15(20)11-21-16;/h5-9,11-13H,10,20H2,1-4H3,(H,22,23);1H. The Morgan fingerprint density at radius 2 is 1.83 bits per heavy atom. The number of hydrogen-bond acceptors (Lipinski definition) is 3. The van der Waals surface area contributed by atoms with Crippen LogP contribution in [0, 0.1) is 0 Å². The summed E-state index contributed by atoms with van der Waals surface area (Å²) in [5, 5.41) is 3.01. The molecule has 4 nitrogen and oxygen atoms in total. The summed E-state index contributed by atoms with van der Waals surface area (Å²) in [5.74, 6) is 0.747. The van der Waals surface area contributed by atoms with Crippen LogP contribution in [0.4, 0.5) is 11.4 Å². The minimum atomic E-state index is -0.0681. The fourth-order valence-corrected chi connectivity index (χ4v) is 2.43. The molecular formula is C19H26ClN3O. The predicted molar refractivity (Wildman–Crippen MR) is 103 cm³/mol. The summed E-state index contributed by atoms with van der Waals surface area (Å²) in [4.78, 5) is 16.4. The Hall–Kier alpha value is -2.07. The molecule has 130 valence electrons. The Morgan fingerprint density at radius 1 is 1.12 bits per heavy atom. The van der Waals surface area contributed by atoms with Crippen LogP contribution < -0.4 is 11.1 Å². The number of aromatic nitrogens is 1. The summed E-state index contributed by atoms with van der Waals surface area (Å²) in [5.41, 5.74) is 10.2. The third-order valence-corrected chi connectivity index (χ3v) is 3.83. The number of nitrogens with two attached hydrogens (primary N) is 1. The third-order valence-electron chi connectivity index (χ3n) is 3.83. The molecule has 1 amide bonds. The Balaban J connectivity index is 0.00000288. The van der Waals surface area contributed by atoms with Gasteiger partial charge in [-0.25, -0.2) is 0 Å². The van der Waals surface area contributed by atoms with Crippen LogP contribution in [-0.4, -0.2) is 10.9 Å². The molecule has 0 radical (unpaired) electrons. The molecule has 0 atom stereocenters. The van der Waals surface area contributed by atoms with E-state index in [0.717, 1.165) is 11.3 Å². The highest BCUT2D eigenvalue weighted by Gasteiger charge is 2.12. The molecule has 3 N–H and O–H groups in total. The summed E-state index contributed by atoms with van der Waals surface area (Å²) in [7, 11) is 0. The zero-order valence-corrected chi connectivity index (χ0v) is 15.5. The van der Waals surface area contributed by atoms with Gasteiger partial charge in [-0.1, -0.05) is 39.8 Å². The molecule has 1 aromatic heterocycles. The van der Waals surface area contributed by atoms with Crippen molar-refractivity contribution in [2.45, 2.75) is 46.0 Å². The number of halogens is 1. The summed E-state index contributed by atoms with van der Waals surface area (Å²) in [6, 6.07) is 9.80. The summed E-state index contributed by atoms with van der Waals surface area (Å²) in [6.45, 7) is 8.61. The zero-order valence-electron chi connectivity index (χ0n) is 14.7. The van der Waals surface area contributed by atoms with E-state index in [1.165, 1.54) is 5.56 Å². The van der Waals surface area contributed by atoms with Crippen LogP contribution >= 0.6 is 12.4 Å². The van der Waals surface area contributed by atoms with Gasteiger partial charge in [0.2, 0.25) is 5.91 Å². The fourth-order valence-electron chi connectivity index (χ4n) is 2.43. The first-order chi connectivity index (χ1) is 10.9. The molecule has 0 saturated heterocycles. The van der Waals surface area contributed by atoms with Crippen LogP contribution in [0.15, 0.2) is 36.5 Å². The number of nitrogens with zero attached hydrogens (tertiary/aromatic N) is 1. The molecule has 24 heavy (non-hydrogen) atoms. The number of nitrogens with one attached hydrogen (secondary N) is 1. The fraction of sp³-hybridized carbons (Fsp3) is 0.368. The lowest BCUT2D eigenvalue weighted by atomic mass is 9.94. The van der Waals surface area contributed by atoms with Gasteiger partial charge in [0, 0.05) is 11.4 Å². The van der Waals surface area contributed by atoms with Gasteiger partial charge in [0.05, 0.1) is 18.3 Å². The number of nitrogen functional groups attached to an aromatic ring is 1. The molecule has 2 rings (SSSR count). The van der Waals surface area contributed by atoms with E-state index in [2.05, 4.69) is 50.1 Å². The van der Waals surface area contributed by atoms with Crippen molar-refractivity contribution < 1.29 is 4.79 Å². The maximum absolute atomic E-state index is 12.3. The van der Waals surface area contributed by atoms with Gasteiger partial charge in [-0.3, -0.25) is 9.78 Å². The highest BCUT2D eigenvalue weighted by molar-refractivity contribution is 5.93. The van der Waals surface area contributed by atoms with Crippen molar-refractivity contribution >= 4 is 29.7 Å². The largest absolute Gasteiger partial charge is 0.397 e. The van der Waals surface area contributed by atoms with E-state index in [1.807, 2.05) is 6.07 Å². The molecule has 1 heterocycles. The van der Waals surface area contributed by atoms with Crippen LogP contribution in [-0.2, 0) is 11.2 Å². The smallest absolute Gasteiger partial charge is 0.230 e. The molecule has 5 heteroatoms. The normalized spacial score (nSPS) is 10.6. The number of rotatable bonds is 5. The van der Waals surface area contributed by atoms with E-state index >= 15 is 0 Å². The van der Waals surface area contributed by atoms with Gasteiger partial charge in [0.15, 0.2) is 0 Å². The SMILES string of the molecule is CC(C)c1ccc(NC(=O)Cc2ccc(N)cn2)c(C(C)C)c1.Cl. The van der Waals surface area contributed by atoms with E-state index in [-0.39, 0.29) is 24.7 Å². The zero-order chi connectivity index (χ0) is 17.0.